The molecule has 0 aliphatic carbocycles. The molecule has 1 aromatic heterocycles. The molecule has 2 unspecified atom stereocenters. The Labute approximate surface area is 118 Å². The maximum atomic E-state index is 12.0. The number of hydrogen-bond donors (Lipinski definition) is 0. The van der Waals surface area contributed by atoms with Crippen LogP contribution in [0.4, 0.5) is 0 Å². The molecule has 0 N–H and O–H groups in total. The highest BCUT2D eigenvalue weighted by Gasteiger charge is 2.31. The third-order valence-electron chi connectivity index (χ3n) is 3.25. The quantitative estimate of drug-likeness (QED) is 0.747. The Balaban J connectivity index is 2.13. The lowest BCUT2D eigenvalue weighted by molar-refractivity contribution is -0.146. The van der Waals surface area contributed by atoms with Crippen LogP contribution in [0.3, 0.4) is 0 Å². The third kappa shape index (κ3) is 3.56. The first-order valence-electron chi connectivity index (χ1n) is 7.23. The summed E-state index contributed by atoms with van der Waals surface area (Å²) in [5.41, 5.74) is 0. The van der Waals surface area contributed by atoms with Gasteiger partial charge in [0, 0.05) is 6.61 Å². The van der Waals surface area contributed by atoms with Gasteiger partial charge in [0.2, 0.25) is 11.7 Å². The van der Waals surface area contributed by atoms with Crippen LogP contribution < -0.4 is 0 Å². The average molecular weight is 282 g/mol. The number of esters is 1. The molecule has 2 heterocycles. The number of ether oxygens (including phenoxy) is 2. The van der Waals surface area contributed by atoms with Crippen LogP contribution in [0.1, 0.15) is 63.8 Å². The molecule has 112 valence electrons. The maximum absolute atomic E-state index is 12.0. The molecule has 2 atom stereocenters. The lowest BCUT2D eigenvalue weighted by Crippen LogP contribution is -2.18. The number of nitrogens with zero attached hydrogens (tertiary/aromatic N) is 2. The lowest BCUT2D eigenvalue weighted by Gasteiger charge is -2.13. The first-order valence-corrected chi connectivity index (χ1v) is 7.23. The van der Waals surface area contributed by atoms with Gasteiger partial charge in [-0.05, 0) is 32.1 Å². The van der Waals surface area contributed by atoms with E-state index in [4.69, 9.17) is 14.0 Å². The molecule has 2 rings (SSSR count). The summed E-state index contributed by atoms with van der Waals surface area (Å²) in [4.78, 5) is 16.4. The fraction of sp³-hybridized carbons (Fsp3) is 0.786. The van der Waals surface area contributed by atoms with Crippen LogP contribution in [0, 0.1) is 5.92 Å². The van der Waals surface area contributed by atoms with Crippen LogP contribution in [0.25, 0.3) is 0 Å². The minimum absolute atomic E-state index is 0.102. The molecule has 0 spiro atoms. The van der Waals surface area contributed by atoms with Crippen LogP contribution in [0.5, 0.6) is 0 Å². The zero-order valence-electron chi connectivity index (χ0n) is 12.3. The van der Waals surface area contributed by atoms with Gasteiger partial charge in [-0.2, -0.15) is 4.98 Å². The van der Waals surface area contributed by atoms with E-state index in [0.717, 1.165) is 19.4 Å². The molecule has 1 aromatic rings. The number of carbonyl (C=O) groups excluding carboxylic acids is 1. The van der Waals surface area contributed by atoms with Crippen LogP contribution in [0.15, 0.2) is 4.52 Å². The second-order valence-electron chi connectivity index (χ2n) is 5.43. The highest BCUT2D eigenvalue weighted by atomic mass is 16.5. The van der Waals surface area contributed by atoms with Gasteiger partial charge in [0.25, 0.3) is 0 Å². The van der Waals surface area contributed by atoms with E-state index in [1.165, 1.54) is 0 Å². The molecule has 6 heteroatoms. The summed E-state index contributed by atoms with van der Waals surface area (Å²) in [5, 5.41) is 3.95. The first kappa shape index (κ1) is 15.0. The van der Waals surface area contributed by atoms with Crippen molar-refractivity contribution < 1.29 is 18.8 Å². The topological polar surface area (TPSA) is 74.5 Å². The summed E-state index contributed by atoms with van der Waals surface area (Å²) in [6.07, 6.45) is 2.43. The van der Waals surface area contributed by atoms with Crippen LogP contribution in [-0.2, 0) is 14.3 Å². The number of aromatic nitrogens is 2. The van der Waals surface area contributed by atoms with E-state index >= 15 is 0 Å². The predicted molar refractivity (Wildman–Crippen MR) is 71.1 cm³/mol. The Bertz CT molecular complexity index is 438. The number of rotatable bonds is 6. The first-order chi connectivity index (χ1) is 9.61. The van der Waals surface area contributed by atoms with Crippen LogP contribution >= 0.6 is 0 Å². The van der Waals surface area contributed by atoms with E-state index in [0.29, 0.717) is 30.7 Å². The highest BCUT2D eigenvalue weighted by Crippen LogP contribution is 2.29. The highest BCUT2D eigenvalue weighted by molar-refractivity contribution is 5.76. The second-order valence-corrected chi connectivity index (χ2v) is 5.43. The summed E-state index contributed by atoms with van der Waals surface area (Å²) in [5.74, 6) is 0.419. The molecule has 1 aliphatic heterocycles. The van der Waals surface area contributed by atoms with Crippen molar-refractivity contribution in [3.63, 3.8) is 0 Å². The standard InChI is InChI=1S/C14H22N2O4/c1-4-18-14(17)10(8-9(2)3)13-15-12(16-20-13)11-6-5-7-19-11/h9-11H,4-8H2,1-3H3. The Morgan fingerprint density at radius 3 is 2.90 bits per heavy atom. The fourth-order valence-electron chi connectivity index (χ4n) is 2.31. The van der Waals surface area contributed by atoms with Gasteiger partial charge in [-0.1, -0.05) is 19.0 Å². The van der Waals surface area contributed by atoms with Gasteiger partial charge in [-0.3, -0.25) is 4.79 Å². The van der Waals surface area contributed by atoms with E-state index in [1.54, 1.807) is 6.92 Å². The van der Waals surface area contributed by atoms with Crippen molar-refractivity contribution in [2.45, 2.75) is 52.1 Å². The summed E-state index contributed by atoms with van der Waals surface area (Å²) in [7, 11) is 0. The molecule has 1 fully saturated rings. The monoisotopic (exact) mass is 282 g/mol. The minimum atomic E-state index is -0.488. The summed E-state index contributed by atoms with van der Waals surface area (Å²) in [6, 6.07) is 0. The van der Waals surface area contributed by atoms with E-state index in [-0.39, 0.29) is 12.1 Å². The second kappa shape index (κ2) is 6.83. The van der Waals surface area contributed by atoms with Crippen molar-refractivity contribution >= 4 is 5.97 Å². The van der Waals surface area contributed by atoms with E-state index in [1.807, 2.05) is 13.8 Å². The van der Waals surface area contributed by atoms with Crippen molar-refractivity contribution in [3.05, 3.63) is 11.7 Å². The Kier molecular flexibility index (Phi) is 5.11. The van der Waals surface area contributed by atoms with E-state index < -0.39 is 5.92 Å². The fourth-order valence-corrected chi connectivity index (χ4v) is 2.31. The lowest BCUT2D eigenvalue weighted by atomic mass is 9.97. The Morgan fingerprint density at radius 1 is 1.50 bits per heavy atom. The molecule has 0 saturated carbocycles. The summed E-state index contributed by atoms with van der Waals surface area (Å²) >= 11 is 0. The van der Waals surface area contributed by atoms with Crippen LogP contribution in [0.2, 0.25) is 0 Å². The molecule has 20 heavy (non-hydrogen) atoms. The van der Waals surface area contributed by atoms with E-state index in [9.17, 15) is 4.79 Å². The minimum Gasteiger partial charge on any atom is -0.465 e. The molecule has 0 amide bonds. The van der Waals surface area contributed by atoms with Gasteiger partial charge < -0.3 is 14.0 Å². The van der Waals surface area contributed by atoms with Gasteiger partial charge in [-0.15, -0.1) is 0 Å². The van der Waals surface area contributed by atoms with Crippen molar-refractivity contribution in [3.8, 4) is 0 Å². The predicted octanol–water partition coefficient (Wildman–Crippen LogP) is 2.61. The molecule has 0 aromatic carbocycles. The van der Waals surface area contributed by atoms with Gasteiger partial charge >= 0.3 is 5.97 Å². The average Bonchev–Trinajstić information content (AvgIpc) is 3.06. The van der Waals surface area contributed by atoms with Crippen LogP contribution in [-0.4, -0.2) is 29.3 Å². The molecular weight excluding hydrogens is 260 g/mol. The number of hydrogen-bond acceptors (Lipinski definition) is 6. The SMILES string of the molecule is CCOC(=O)C(CC(C)C)c1nc(C2CCCO2)no1. The van der Waals surface area contributed by atoms with Crippen molar-refractivity contribution in [2.24, 2.45) is 5.92 Å². The molecule has 0 bridgehead atoms. The zero-order valence-corrected chi connectivity index (χ0v) is 12.3. The summed E-state index contributed by atoms with van der Waals surface area (Å²) in [6.45, 7) is 6.95. The molecular formula is C14H22N2O4. The van der Waals surface area contributed by atoms with Gasteiger partial charge in [0.15, 0.2) is 0 Å². The smallest absolute Gasteiger partial charge is 0.318 e. The van der Waals surface area contributed by atoms with Crippen molar-refractivity contribution in [2.75, 3.05) is 13.2 Å². The Morgan fingerprint density at radius 2 is 2.30 bits per heavy atom. The van der Waals surface area contributed by atoms with Crippen molar-refractivity contribution in [1.29, 1.82) is 0 Å². The molecule has 6 nitrogen and oxygen atoms in total. The van der Waals surface area contributed by atoms with Gasteiger partial charge in [0.05, 0.1) is 6.61 Å². The van der Waals surface area contributed by atoms with Crippen molar-refractivity contribution in [1.82, 2.24) is 10.1 Å². The van der Waals surface area contributed by atoms with Gasteiger partial charge in [-0.25, -0.2) is 0 Å². The Hall–Kier alpha value is -1.43. The largest absolute Gasteiger partial charge is 0.465 e. The maximum Gasteiger partial charge on any atom is 0.318 e. The normalized spacial score (nSPS) is 20.3. The molecule has 0 radical (unpaired) electrons. The zero-order chi connectivity index (χ0) is 14.5. The molecule has 1 aliphatic rings. The molecule has 1 saturated heterocycles. The van der Waals surface area contributed by atoms with Gasteiger partial charge in [0.1, 0.15) is 12.0 Å². The van der Waals surface area contributed by atoms with E-state index in [2.05, 4.69) is 10.1 Å². The third-order valence-corrected chi connectivity index (χ3v) is 3.25. The number of carbonyl (C=O) groups is 1. The summed E-state index contributed by atoms with van der Waals surface area (Å²) < 4.78 is 15.9.